The first-order valence-corrected chi connectivity index (χ1v) is 7.63. The zero-order chi connectivity index (χ0) is 14.4. The van der Waals surface area contributed by atoms with E-state index in [9.17, 15) is 4.79 Å². The predicted molar refractivity (Wildman–Crippen MR) is 85.5 cm³/mol. The third kappa shape index (κ3) is 1.75. The van der Waals surface area contributed by atoms with E-state index >= 15 is 0 Å². The fraction of sp³-hybridized carbons (Fsp3) is 0.286. The van der Waals surface area contributed by atoms with Gasteiger partial charge in [-0.2, -0.15) is 0 Å². The summed E-state index contributed by atoms with van der Waals surface area (Å²) in [7, 11) is 3.84. The number of thioether (sulfide) groups is 1. The van der Waals surface area contributed by atoms with Crippen LogP contribution in [0, 0.1) is 0 Å². The Morgan fingerprint density at radius 3 is 2.50 bits per heavy atom. The van der Waals surface area contributed by atoms with Crippen molar-refractivity contribution in [1.29, 1.82) is 0 Å². The molecule has 3 rings (SSSR count). The van der Waals surface area contributed by atoms with Crippen molar-refractivity contribution in [2.75, 3.05) is 25.5 Å². The SMILES string of the molecule is CCN1C(=O)/C(=C2/Sc3ccccc3N2C)N(C)C1=S. The highest BCUT2D eigenvalue weighted by molar-refractivity contribution is 8.03. The van der Waals surface area contributed by atoms with Crippen LogP contribution in [0.2, 0.25) is 0 Å². The molecule has 1 fully saturated rings. The number of nitrogens with zero attached hydrogens (tertiary/aromatic N) is 3. The highest BCUT2D eigenvalue weighted by atomic mass is 32.2. The number of para-hydroxylation sites is 1. The zero-order valence-electron chi connectivity index (χ0n) is 11.6. The number of benzene rings is 1. The molecule has 0 radical (unpaired) electrons. The average molecular weight is 305 g/mol. The number of carbonyl (C=O) groups excluding carboxylic acids is 1. The second kappa shape index (κ2) is 4.79. The number of hydrogen-bond donors (Lipinski definition) is 0. The predicted octanol–water partition coefficient (Wildman–Crippen LogP) is 2.48. The van der Waals surface area contributed by atoms with E-state index in [0.717, 1.165) is 10.7 Å². The molecule has 1 aromatic rings. The minimum atomic E-state index is -0.0119. The van der Waals surface area contributed by atoms with Crippen LogP contribution < -0.4 is 4.90 Å². The summed E-state index contributed by atoms with van der Waals surface area (Å²) in [6.45, 7) is 2.53. The lowest BCUT2D eigenvalue weighted by atomic mass is 10.3. The Morgan fingerprint density at radius 1 is 1.20 bits per heavy atom. The standard InChI is InChI=1S/C14H15N3OS2/c1-4-17-12(18)11(16(3)14(17)19)13-15(2)9-7-5-6-8-10(9)20-13/h5-8H,4H2,1-3H3/b13-11-. The molecular formula is C14H15N3OS2. The van der Waals surface area contributed by atoms with Gasteiger partial charge in [0.15, 0.2) is 5.11 Å². The van der Waals surface area contributed by atoms with Gasteiger partial charge in [-0.3, -0.25) is 9.69 Å². The smallest absolute Gasteiger partial charge is 0.279 e. The summed E-state index contributed by atoms with van der Waals surface area (Å²) < 4.78 is 0. The highest BCUT2D eigenvalue weighted by Gasteiger charge is 2.40. The summed E-state index contributed by atoms with van der Waals surface area (Å²) in [5.74, 6) is -0.0119. The summed E-state index contributed by atoms with van der Waals surface area (Å²) in [5.41, 5.74) is 1.79. The van der Waals surface area contributed by atoms with Crippen LogP contribution in [0.5, 0.6) is 0 Å². The van der Waals surface area contributed by atoms with E-state index in [1.54, 1.807) is 16.7 Å². The van der Waals surface area contributed by atoms with E-state index in [-0.39, 0.29) is 5.91 Å². The third-order valence-electron chi connectivity index (χ3n) is 3.56. The molecule has 0 spiro atoms. The Hall–Kier alpha value is -1.53. The van der Waals surface area contributed by atoms with Gasteiger partial charge in [-0.15, -0.1) is 0 Å². The molecule has 2 heterocycles. The summed E-state index contributed by atoms with van der Waals surface area (Å²) in [6.07, 6.45) is 0. The summed E-state index contributed by atoms with van der Waals surface area (Å²) >= 11 is 6.97. The maximum absolute atomic E-state index is 12.5. The lowest BCUT2D eigenvalue weighted by Crippen LogP contribution is -2.30. The van der Waals surface area contributed by atoms with E-state index in [1.165, 1.54) is 4.90 Å². The number of thiocarbonyl (C=S) groups is 1. The maximum atomic E-state index is 12.5. The quantitative estimate of drug-likeness (QED) is 0.587. The van der Waals surface area contributed by atoms with Crippen LogP contribution in [-0.4, -0.2) is 41.5 Å². The van der Waals surface area contributed by atoms with Crippen LogP contribution >= 0.6 is 24.0 Å². The lowest BCUT2D eigenvalue weighted by Gasteiger charge is -2.18. The molecule has 2 aliphatic heterocycles. The summed E-state index contributed by atoms with van der Waals surface area (Å²) in [5, 5.41) is 1.52. The molecule has 4 nitrogen and oxygen atoms in total. The van der Waals surface area contributed by atoms with E-state index < -0.39 is 0 Å². The van der Waals surface area contributed by atoms with E-state index in [0.29, 0.717) is 17.4 Å². The van der Waals surface area contributed by atoms with Crippen molar-refractivity contribution in [2.24, 2.45) is 0 Å². The number of rotatable bonds is 1. The van der Waals surface area contributed by atoms with Crippen LogP contribution in [0.1, 0.15) is 6.92 Å². The molecule has 1 aromatic carbocycles. The number of amides is 1. The first-order chi connectivity index (χ1) is 9.56. The van der Waals surface area contributed by atoms with Crippen molar-refractivity contribution >= 4 is 40.7 Å². The molecule has 0 atom stereocenters. The monoisotopic (exact) mass is 305 g/mol. The molecule has 0 bridgehead atoms. The van der Waals surface area contributed by atoms with Crippen molar-refractivity contribution < 1.29 is 4.79 Å². The lowest BCUT2D eigenvalue weighted by molar-refractivity contribution is -0.122. The molecule has 0 N–H and O–H groups in total. The second-order valence-corrected chi connectivity index (χ2v) is 6.07. The van der Waals surface area contributed by atoms with Crippen LogP contribution in [0.15, 0.2) is 39.9 Å². The molecule has 2 aliphatic rings. The minimum absolute atomic E-state index is 0.0119. The molecule has 0 aromatic heterocycles. The largest absolute Gasteiger partial charge is 0.336 e. The fourth-order valence-electron chi connectivity index (χ4n) is 2.46. The van der Waals surface area contributed by atoms with Crippen LogP contribution in [0.4, 0.5) is 5.69 Å². The number of fused-ring (bicyclic) bond motifs is 1. The minimum Gasteiger partial charge on any atom is -0.336 e. The average Bonchev–Trinajstić information content (AvgIpc) is 2.87. The summed E-state index contributed by atoms with van der Waals surface area (Å²) in [6, 6.07) is 8.15. The molecule has 0 unspecified atom stereocenters. The van der Waals surface area contributed by atoms with Gasteiger partial charge in [-0.25, -0.2) is 0 Å². The van der Waals surface area contributed by atoms with Gasteiger partial charge < -0.3 is 9.80 Å². The van der Waals surface area contributed by atoms with Crippen molar-refractivity contribution in [1.82, 2.24) is 9.80 Å². The van der Waals surface area contributed by atoms with Crippen LogP contribution in [0.3, 0.4) is 0 Å². The first kappa shape index (κ1) is 13.5. The normalized spacial score (nSPS) is 22.1. The topological polar surface area (TPSA) is 26.8 Å². The van der Waals surface area contributed by atoms with Gasteiger partial charge in [0.05, 0.1) is 5.69 Å². The Morgan fingerprint density at radius 2 is 1.90 bits per heavy atom. The molecule has 6 heteroatoms. The molecule has 0 aliphatic carbocycles. The number of likely N-dealkylation sites (N-methyl/N-ethyl adjacent to an activating group) is 2. The Balaban J connectivity index is 2.09. The molecular weight excluding hydrogens is 290 g/mol. The Labute approximate surface area is 128 Å². The highest BCUT2D eigenvalue weighted by Crippen LogP contribution is 2.47. The first-order valence-electron chi connectivity index (χ1n) is 6.40. The van der Waals surface area contributed by atoms with E-state index in [1.807, 2.05) is 38.1 Å². The molecule has 1 amide bonds. The van der Waals surface area contributed by atoms with Gasteiger partial charge in [-0.05, 0) is 31.3 Å². The number of anilines is 1. The van der Waals surface area contributed by atoms with E-state index in [2.05, 4.69) is 17.0 Å². The number of carbonyl (C=O) groups is 1. The fourth-order valence-corrected chi connectivity index (χ4v) is 3.98. The Kier molecular flexibility index (Phi) is 3.22. The van der Waals surface area contributed by atoms with Gasteiger partial charge >= 0.3 is 0 Å². The van der Waals surface area contributed by atoms with Gasteiger partial charge in [0, 0.05) is 25.5 Å². The van der Waals surface area contributed by atoms with Gasteiger partial charge in [0.1, 0.15) is 10.7 Å². The van der Waals surface area contributed by atoms with Gasteiger partial charge in [0.2, 0.25) is 0 Å². The van der Waals surface area contributed by atoms with E-state index in [4.69, 9.17) is 12.2 Å². The van der Waals surface area contributed by atoms with Crippen LogP contribution in [0.25, 0.3) is 0 Å². The molecule has 1 saturated heterocycles. The van der Waals surface area contributed by atoms with Crippen LogP contribution in [-0.2, 0) is 4.79 Å². The van der Waals surface area contributed by atoms with Crippen molar-refractivity contribution in [2.45, 2.75) is 11.8 Å². The van der Waals surface area contributed by atoms with Gasteiger partial charge in [-0.1, -0.05) is 23.9 Å². The van der Waals surface area contributed by atoms with Gasteiger partial charge in [0.25, 0.3) is 5.91 Å². The number of hydrogen-bond acceptors (Lipinski definition) is 4. The van der Waals surface area contributed by atoms with Crippen molar-refractivity contribution in [3.8, 4) is 0 Å². The summed E-state index contributed by atoms with van der Waals surface area (Å²) in [4.78, 5) is 19.2. The maximum Gasteiger partial charge on any atom is 0.279 e. The molecule has 0 saturated carbocycles. The van der Waals surface area contributed by atoms with Crippen molar-refractivity contribution in [3.63, 3.8) is 0 Å². The molecule has 20 heavy (non-hydrogen) atoms. The Bertz CT molecular complexity index is 641. The third-order valence-corrected chi connectivity index (χ3v) is 5.28. The molecule has 104 valence electrons. The second-order valence-electron chi connectivity index (χ2n) is 4.67. The van der Waals surface area contributed by atoms with Crippen molar-refractivity contribution in [3.05, 3.63) is 35.0 Å². The zero-order valence-corrected chi connectivity index (χ0v) is 13.2.